The number of hydrogen-bond acceptors (Lipinski definition) is 1. The summed E-state index contributed by atoms with van der Waals surface area (Å²) in [7, 11) is 1.34. The minimum Gasteiger partial charge on any atom is -0.309 e. The van der Waals surface area contributed by atoms with Gasteiger partial charge in [-0.05, 0) is 31.7 Å². The fraction of sp³-hybridized carbons (Fsp3) is 0.200. The van der Waals surface area contributed by atoms with Gasteiger partial charge in [0.25, 0.3) is 0 Å². The molecule has 0 heterocycles. The first-order valence-electron chi connectivity index (χ1n) is 6.13. The molecular formula is C15H12F5N. The summed E-state index contributed by atoms with van der Waals surface area (Å²) < 4.78 is 68.1. The van der Waals surface area contributed by atoms with Crippen molar-refractivity contribution >= 4 is 0 Å². The number of halogens is 5. The van der Waals surface area contributed by atoms with E-state index < -0.39 is 40.7 Å². The predicted molar refractivity (Wildman–Crippen MR) is 68.3 cm³/mol. The van der Waals surface area contributed by atoms with Gasteiger partial charge in [0.1, 0.15) is 17.5 Å². The first-order valence-corrected chi connectivity index (χ1v) is 6.13. The van der Waals surface area contributed by atoms with Gasteiger partial charge in [0.05, 0.1) is 6.04 Å². The Bertz CT molecular complexity index is 684. The molecule has 0 bridgehead atoms. The fourth-order valence-corrected chi connectivity index (χ4v) is 2.16. The van der Waals surface area contributed by atoms with Gasteiger partial charge in [-0.1, -0.05) is 6.07 Å². The first-order chi connectivity index (χ1) is 9.86. The Kier molecular flexibility index (Phi) is 4.27. The molecule has 0 aliphatic carbocycles. The zero-order valence-electron chi connectivity index (χ0n) is 11.3. The zero-order chi connectivity index (χ0) is 15.7. The molecular weight excluding hydrogens is 289 g/mol. The smallest absolute Gasteiger partial charge is 0.161 e. The largest absolute Gasteiger partial charge is 0.309 e. The molecule has 0 saturated heterocycles. The Morgan fingerprint density at radius 2 is 1.48 bits per heavy atom. The van der Waals surface area contributed by atoms with E-state index in [1.165, 1.54) is 20.0 Å². The van der Waals surface area contributed by atoms with E-state index in [9.17, 15) is 22.0 Å². The highest BCUT2D eigenvalue weighted by Gasteiger charge is 2.25. The van der Waals surface area contributed by atoms with Gasteiger partial charge < -0.3 is 5.32 Å². The third-order valence-electron chi connectivity index (χ3n) is 3.25. The van der Waals surface area contributed by atoms with Gasteiger partial charge in [-0.25, -0.2) is 22.0 Å². The Hall–Kier alpha value is -1.95. The van der Waals surface area contributed by atoms with Gasteiger partial charge in [-0.2, -0.15) is 0 Å². The van der Waals surface area contributed by atoms with Crippen LogP contribution in [0.5, 0.6) is 0 Å². The van der Waals surface area contributed by atoms with Crippen molar-refractivity contribution < 1.29 is 22.0 Å². The lowest BCUT2D eigenvalue weighted by Crippen LogP contribution is -2.22. The van der Waals surface area contributed by atoms with E-state index >= 15 is 0 Å². The molecule has 6 heteroatoms. The molecule has 2 rings (SSSR count). The summed E-state index contributed by atoms with van der Waals surface area (Å²) >= 11 is 0. The van der Waals surface area contributed by atoms with Crippen LogP contribution in [0, 0.1) is 36.0 Å². The second-order valence-electron chi connectivity index (χ2n) is 4.60. The van der Waals surface area contributed by atoms with Crippen LogP contribution in [0.3, 0.4) is 0 Å². The van der Waals surface area contributed by atoms with E-state index in [0.717, 1.165) is 6.07 Å². The monoisotopic (exact) mass is 301 g/mol. The molecule has 0 aliphatic rings. The normalized spacial score (nSPS) is 12.5. The molecule has 0 saturated carbocycles. The van der Waals surface area contributed by atoms with Crippen molar-refractivity contribution in [2.75, 3.05) is 7.05 Å². The second kappa shape index (κ2) is 5.81. The fourth-order valence-electron chi connectivity index (χ4n) is 2.16. The number of aryl methyl sites for hydroxylation is 1. The number of benzene rings is 2. The molecule has 2 aromatic carbocycles. The van der Waals surface area contributed by atoms with E-state index in [0.29, 0.717) is 12.1 Å². The SMILES string of the molecule is CNC(c1cc(F)c(F)cc1F)c1c(F)ccc(C)c1F. The molecule has 2 aromatic rings. The van der Waals surface area contributed by atoms with E-state index in [1.807, 2.05) is 0 Å². The van der Waals surface area contributed by atoms with Crippen molar-refractivity contribution in [3.8, 4) is 0 Å². The van der Waals surface area contributed by atoms with Crippen molar-refractivity contribution in [1.29, 1.82) is 0 Å². The molecule has 21 heavy (non-hydrogen) atoms. The summed E-state index contributed by atoms with van der Waals surface area (Å²) in [5.74, 6) is -5.51. The van der Waals surface area contributed by atoms with Crippen LogP contribution in [0.25, 0.3) is 0 Å². The van der Waals surface area contributed by atoms with Crippen LogP contribution >= 0.6 is 0 Å². The minimum atomic E-state index is -1.36. The lowest BCUT2D eigenvalue weighted by Gasteiger charge is -2.20. The average molecular weight is 301 g/mol. The topological polar surface area (TPSA) is 12.0 Å². The average Bonchev–Trinajstić information content (AvgIpc) is 2.44. The van der Waals surface area contributed by atoms with Gasteiger partial charge in [-0.3, -0.25) is 0 Å². The van der Waals surface area contributed by atoms with E-state index in [2.05, 4.69) is 5.32 Å². The summed E-state index contributed by atoms with van der Waals surface area (Å²) in [4.78, 5) is 0. The minimum absolute atomic E-state index is 0.162. The Morgan fingerprint density at radius 1 is 0.857 bits per heavy atom. The highest BCUT2D eigenvalue weighted by Crippen LogP contribution is 2.30. The Labute approximate surface area is 118 Å². The van der Waals surface area contributed by atoms with Crippen LogP contribution in [-0.4, -0.2) is 7.05 Å². The molecule has 0 spiro atoms. The number of hydrogen-bond donors (Lipinski definition) is 1. The highest BCUT2D eigenvalue weighted by molar-refractivity contribution is 5.37. The van der Waals surface area contributed by atoms with Crippen LogP contribution in [0.4, 0.5) is 22.0 Å². The maximum absolute atomic E-state index is 14.1. The van der Waals surface area contributed by atoms with E-state index in [4.69, 9.17) is 0 Å². The molecule has 0 fully saturated rings. The summed E-state index contributed by atoms with van der Waals surface area (Å²) in [6.07, 6.45) is 0. The van der Waals surface area contributed by atoms with Crippen LogP contribution in [0.15, 0.2) is 24.3 Å². The summed E-state index contributed by atoms with van der Waals surface area (Å²) in [5.41, 5.74) is -0.656. The van der Waals surface area contributed by atoms with Crippen molar-refractivity contribution in [3.63, 3.8) is 0 Å². The molecule has 1 atom stereocenters. The molecule has 0 amide bonds. The maximum atomic E-state index is 14.1. The summed E-state index contributed by atoms with van der Waals surface area (Å²) in [5, 5.41) is 2.52. The lowest BCUT2D eigenvalue weighted by molar-refractivity contribution is 0.473. The molecule has 0 radical (unpaired) electrons. The predicted octanol–water partition coefficient (Wildman–Crippen LogP) is 4.00. The van der Waals surface area contributed by atoms with Crippen LogP contribution in [0.2, 0.25) is 0 Å². The summed E-state index contributed by atoms with van der Waals surface area (Å²) in [6.45, 7) is 1.42. The van der Waals surface area contributed by atoms with E-state index in [1.54, 1.807) is 0 Å². The lowest BCUT2D eigenvalue weighted by atomic mass is 9.95. The van der Waals surface area contributed by atoms with Crippen molar-refractivity contribution in [2.24, 2.45) is 0 Å². The van der Waals surface area contributed by atoms with Gasteiger partial charge in [0.2, 0.25) is 0 Å². The summed E-state index contributed by atoms with van der Waals surface area (Å²) in [6, 6.07) is 1.94. The quantitative estimate of drug-likeness (QED) is 0.667. The Balaban J connectivity index is 2.66. The van der Waals surface area contributed by atoms with Gasteiger partial charge >= 0.3 is 0 Å². The zero-order valence-corrected chi connectivity index (χ0v) is 11.3. The van der Waals surface area contributed by atoms with Gasteiger partial charge in [-0.15, -0.1) is 0 Å². The van der Waals surface area contributed by atoms with E-state index in [-0.39, 0.29) is 11.1 Å². The second-order valence-corrected chi connectivity index (χ2v) is 4.60. The number of rotatable bonds is 3. The standard InChI is InChI=1S/C15H12F5N/c1-7-3-4-9(16)13(14(7)20)15(21-2)8-5-11(18)12(19)6-10(8)17/h3-6,15,21H,1-2H3. The molecule has 0 aliphatic heterocycles. The van der Waals surface area contributed by atoms with Gasteiger partial charge in [0, 0.05) is 17.2 Å². The third-order valence-corrected chi connectivity index (χ3v) is 3.25. The Morgan fingerprint density at radius 3 is 2.10 bits per heavy atom. The molecule has 0 aromatic heterocycles. The number of nitrogens with one attached hydrogen (secondary N) is 1. The van der Waals surface area contributed by atoms with Crippen LogP contribution < -0.4 is 5.32 Å². The third kappa shape index (κ3) is 2.76. The first kappa shape index (κ1) is 15.4. The molecule has 1 N–H and O–H groups in total. The van der Waals surface area contributed by atoms with Crippen LogP contribution in [0.1, 0.15) is 22.7 Å². The maximum Gasteiger partial charge on any atom is 0.161 e. The highest BCUT2D eigenvalue weighted by atomic mass is 19.2. The van der Waals surface area contributed by atoms with Crippen LogP contribution in [-0.2, 0) is 0 Å². The van der Waals surface area contributed by atoms with Crippen molar-refractivity contribution in [3.05, 3.63) is 70.0 Å². The molecule has 1 unspecified atom stereocenters. The van der Waals surface area contributed by atoms with Crippen molar-refractivity contribution in [1.82, 2.24) is 5.32 Å². The van der Waals surface area contributed by atoms with Crippen molar-refractivity contribution in [2.45, 2.75) is 13.0 Å². The van der Waals surface area contributed by atoms with Gasteiger partial charge in [0.15, 0.2) is 11.6 Å². The molecule has 112 valence electrons. The molecule has 1 nitrogen and oxygen atoms in total.